The summed E-state index contributed by atoms with van der Waals surface area (Å²) in [6.07, 6.45) is 1.20. The largest absolute Gasteiger partial charge is 0.454 e. The van der Waals surface area contributed by atoms with E-state index in [2.05, 4.69) is 10.0 Å². The number of amides is 1. The molecule has 0 aliphatic heterocycles. The van der Waals surface area contributed by atoms with Crippen LogP contribution in [0.15, 0.2) is 18.2 Å². The summed E-state index contributed by atoms with van der Waals surface area (Å²) in [5, 5.41) is 3.11. The van der Waals surface area contributed by atoms with Gasteiger partial charge in [-0.15, -0.1) is 0 Å². The van der Waals surface area contributed by atoms with Crippen molar-refractivity contribution in [3.8, 4) is 0 Å². The summed E-state index contributed by atoms with van der Waals surface area (Å²) in [7, 11) is -3.57. The zero-order valence-electron chi connectivity index (χ0n) is 13.8. The summed E-state index contributed by atoms with van der Waals surface area (Å²) in [5.74, 6) is -1.56. The molecule has 140 valence electrons. The first-order valence-electron chi connectivity index (χ1n) is 7.56. The van der Waals surface area contributed by atoms with E-state index in [0.717, 1.165) is 0 Å². The zero-order valence-corrected chi connectivity index (χ0v) is 16.2. The van der Waals surface area contributed by atoms with Gasteiger partial charge in [-0.25, -0.2) is 13.1 Å². The molecule has 0 saturated heterocycles. The fourth-order valence-corrected chi connectivity index (χ4v) is 3.51. The van der Waals surface area contributed by atoms with E-state index in [1.807, 2.05) is 6.92 Å². The average Bonchev–Trinajstić information content (AvgIpc) is 2.53. The standard InChI is InChI=1S/C15H20Cl2N2O5S/c1-3-4-7-25(22,23)19-10(2)15(21)24-9-14(20)18-13-8-11(16)5-6-12(13)17/h5-6,8,10,19H,3-4,7,9H2,1-2H3,(H,18,20)/t10-/m0/s1. The van der Waals surface area contributed by atoms with Crippen LogP contribution in [0, 0.1) is 0 Å². The molecule has 1 amide bonds. The Kier molecular flexibility index (Phi) is 8.64. The number of unbranched alkanes of at least 4 members (excludes halogenated alkanes) is 1. The first-order valence-corrected chi connectivity index (χ1v) is 9.97. The molecule has 0 spiro atoms. The Hall–Kier alpha value is -1.35. The number of benzene rings is 1. The average molecular weight is 411 g/mol. The van der Waals surface area contributed by atoms with E-state index in [1.54, 1.807) is 6.07 Å². The lowest BCUT2D eigenvalue weighted by atomic mass is 10.3. The number of sulfonamides is 1. The van der Waals surface area contributed by atoms with Gasteiger partial charge in [0.25, 0.3) is 5.91 Å². The highest BCUT2D eigenvalue weighted by molar-refractivity contribution is 7.89. The molecular formula is C15H20Cl2N2O5S. The molecule has 7 nitrogen and oxygen atoms in total. The van der Waals surface area contributed by atoms with E-state index >= 15 is 0 Å². The molecule has 25 heavy (non-hydrogen) atoms. The van der Waals surface area contributed by atoms with Crippen LogP contribution in [0.25, 0.3) is 0 Å². The van der Waals surface area contributed by atoms with Gasteiger partial charge in [0.2, 0.25) is 10.0 Å². The van der Waals surface area contributed by atoms with Crippen LogP contribution in [-0.4, -0.2) is 38.7 Å². The first kappa shape index (κ1) is 21.7. The second kappa shape index (κ2) is 9.96. The number of halogens is 2. The van der Waals surface area contributed by atoms with Gasteiger partial charge in [-0.2, -0.15) is 0 Å². The summed E-state index contributed by atoms with van der Waals surface area (Å²) in [6, 6.07) is 3.43. The molecular weight excluding hydrogens is 391 g/mol. The maximum Gasteiger partial charge on any atom is 0.324 e. The minimum Gasteiger partial charge on any atom is -0.454 e. The molecule has 0 bridgehead atoms. The SMILES string of the molecule is CCCCS(=O)(=O)N[C@@H](C)C(=O)OCC(=O)Nc1cc(Cl)ccc1Cl. The number of esters is 1. The fraction of sp³-hybridized carbons (Fsp3) is 0.467. The molecule has 2 N–H and O–H groups in total. The van der Waals surface area contributed by atoms with Crippen molar-refractivity contribution in [2.24, 2.45) is 0 Å². The van der Waals surface area contributed by atoms with E-state index in [0.29, 0.717) is 17.9 Å². The Morgan fingerprint density at radius 1 is 1.28 bits per heavy atom. The van der Waals surface area contributed by atoms with E-state index in [4.69, 9.17) is 27.9 Å². The predicted molar refractivity (Wildman–Crippen MR) is 97.3 cm³/mol. The third kappa shape index (κ3) is 8.04. The van der Waals surface area contributed by atoms with E-state index in [1.165, 1.54) is 19.1 Å². The molecule has 1 atom stereocenters. The van der Waals surface area contributed by atoms with Crippen LogP contribution in [-0.2, 0) is 24.3 Å². The van der Waals surface area contributed by atoms with Gasteiger partial charge in [-0.3, -0.25) is 9.59 Å². The van der Waals surface area contributed by atoms with Crippen molar-refractivity contribution >= 4 is 50.8 Å². The van der Waals surface area contributed by atoms with Gasteiger partial charge in [-0.05, 0) is 31.5 Å². The van der Waals surface area contributed by atoms with Gasteiger partial charge in [-0.1, -0.05) is 36.5 Å². The van der Waals surface area contributed by atoms with E-state index in [-0.39, 0.29) is 16.5 Å². The number of nitrogens with one attached hydrogen (secondary N) is 2. The van der Waals surface area contributed by atoms with Gasteiger partial charge in [0.1, 0.15) is 6.04 Å². The monoisotopic (exact) mass is 410 g/mol. The van der Waals surface area contributed by atoms with Gasteiger partial charge < -0.3 is 10.1 Å². The topological polar surface area (TPSA) is 102 Å². The number of hydrogen-bond acceptors (Lipinski definition) is 5. The van der Waals surface area contributed by atoms with Crippen LogP contribution in [0.5, 0.6) is 0 Å². The molecule has 0 unspecified atom stereocenters. The van der Waals surface area contributed by atoms with Crippen molar-refractivity contribution in [1.82, 2.24) is 4.72 Å². The lowest BCUT2D eigenvalue weighted by Gasteiger charge is -2.14. The summed E-state index contributed by atoms with van der Waals surface area (Å²) in [5.41, 5.74) is 0.281. The fourth-order valence-electron chi connectivity index (χ4n) is 1.75. The molecule has 0 heterocycles. The highest BCUT2D eigenvalue weighted by Gasteiger charge is 2.22. The summed E-state index contributed by atoms with van der Waals surface area (Å²) in [6.45, 7) is 2.62. The Balaban J connectivity index is 2.49. The predicted octanol–water partition coefficient (Wildman–Crippen LogP) is 2.58. The third-order valence-corrected chi connectivity index (χ3v) is 5.13. The number of hydrogen-bond donors (Lipinski definition) is 2. The van der Waals surface area contributed by atoms with Gasteiger partial charge in [0, 0.05) is 5.02 Å². The van der Waals surface area contributed by atoms with Crippen molar-refractivity contribution in [2.75, 3.05) is 17.7 Å². The highest BCUT2D eigenvalue weighted by atomic mass is 35.5. The summed E-state index contributed by atoms with van der Waals surface area (Å²) in [4.78, 5) is 23.6. The number of carbonyl (C=O) groups excluding carboxylic acids is 2. The van der Waals surface area contributed by atoms with Crippen LogP contribution >= 0.6 is 23.2 Å². The van der Waals surface area contributed by atoms with Crippen LogP contribution in [0.4, 0.5) is 5.69 Å². The van der Waals surface area contributed by atoms with Crippen molar-refractivity contribution in [1.29, 1.82) is 0 Å². The van der Waals surface area contributed by atoms with E-state index < -0.39 is 34.5 Å². The molecule has 1 rings (SSSR count). The van der Waals surface area contributed by atoms with Crippen LogP contribution in [0.1, 0.15) is 26.7 Å². The molecule has 0 aliphatic rings. The molecule has 0 radical (unpaired) electrons. The quantitative estimate of drug-likeness (QED) is 0.609. The van der Waals surface area contributed by atoms with Crippen molar-refractivity contribution in [3.63, 3.8) is 0 Å². The maximum atomic E-state index is 11.8. The molecule has 0 saturated carbocycles. The van der Waals surface area contributed by atoms with Gasteiger partial charge in [0.15, 0.2) is 6.61 Å². The molecule has 10 heteroatoms. The van der Waals surface area contributed by atoms with Crippen molar-refractivity contribution in [3.05, 3.63) is 28.2 Å². The second-order valence-corrected chi connectivity index (χ2v) is 8.01. The molecule has 1 aromatic carbocycles. The van der Waals surface area contributed by atoms with Crippen LogP contribution in [0.2, 0.25) is 10.0 Å². The van der Waals surface area contributed by atoms with E-state index in [9.17, 15) is 18.0 Å². The minimum atomic E-state index is -3.57. The van der Waals surface area contributed by atoms with Crippen LogP contribution < -0.4 is 10.0 Å². The minimum absolute atomic E-state index is 0.0745. The number of ether oxygens (including phenoxy) is 1. The molecule has 0 aromatic heterocycles. The highest BCUT2D eigenvalue weighted by Crippen LogP contribution is 2.25. The smallest absolute Gasteiger partial charge is 0.324 e. The molecule has 0 fully saturated rings. The normalized spacial score (nSPS) is 12.5. The van der Waals surface area contributed by atoms with Crippen molar-refractivity contribution in [2.45, 2.75) is 32.7 Å². The number of carbonyl (C=O) groups is 2. The lowest BCUT2D eigenvalue weighted by Crippen LogP contribution is -2.41. The first-order chi connectivity index (χ1) is 11.6. The Morgan fingerprint density at radius 2 is 1.96 bits per heavy atom. The molecule has 1 aromatic rings. The van der Waals surface area contributed by atoms with Gasteiger partial charge >= 0.3 is 5.97 Å². The molecule has 0 aliphatic carbocycles. The Bertz CT molecular complexity index is 725. The maximum absolute atomic E-state index is 11.8. The van der Waals surface area contributed by atoms with Crippen LogP contribution in [0.3, 0.4) is 0 Å². The van der Waals surface area contributed by atoms with Crippen molar-refractivity contribution < 1.29 is 22.7 Å². The third-order valence-electron chi connectivity index (χ3n) is 3.02. The Morgan fingerprint density at radius 3 is 2.60 bits per heavy atom. The number of anilines is 1. The second-order valence-electron chi connectivity index (χ2n) is 5.29. The Labute approximate surface area is 157 Å². The zero-order chi connectivity index (χ0) is 19.0. The van der Waals surface area contributed by atoms with Gasteiger partial charge in [0.05, 0.1) is 16.5 Å². The number of rotatable bonds is 9. The summed E-state index contributed by atoms with van der Waals surface area (Å²) >= 11 is 11.7. The summed E-state index contributed by atoms with van der Waals surface area (Å²) < 4.78 is 30.5. The lowest BCUT2D eigenvalue weighted by molar-refractivity contribution is -0.148.